The summed E-state index contributed by atoms with van der Waals surface area (Å²) >= 11 is 0. The van der Waals surface area contributed by atoms with Gasteiger partial charge in [0.2, 0.25) is 11.8 Å². The minimum absolute atomic E-state index is 0.0281. The van der Waals surface area contributed by atoms with E-state index in [9.17, 15) is 37.1 Å². The Morgan fingerprint density at radius 1 is 0.829 bits per heavy atom. The lowest BCUT2D eigenvalue weighted by atomic mass is 10.0. The SMILES string of the molecule is CC(C)C[C@H](NC(=O)OCc1ccccc1)C(=O)N[C@@H](Cc1ccccc1)C(=O)N[C@H](C=O)CNC(=O)C(F)(F)F. The number of benzene rings is 2. The van der Waals surface area contributed by atoms with E-state index in [2.05, 4.69) is 16.0 Å². The quantitative estimate of drug-likeness (QED) is 0.254. The fourth-order valence-electron chi connectivity index (χ4n) is 3.66. The van der Waals surface area contributed by atoms with Crippen molar-refractivity contribution >= 4 is 30.1 Å². The van der Waals surface area contributed by atoms with E-state index in [1.165, 1.54) is 5.32 Å². The van der Waals surface area contributed by atoms with Gasteiger partial charge in [0, 0.05) is 13.0 Å². The molecule has 0 aliphatic carbocycles. The van der Waals surface area contributed by atoms with E-state index < -0.39 is 54.7 Å². The van der Waals surface area contributed by atoms with Gasteiger partial charge in [-0.2, -0.15) is 13.2 Å². The first kappa shape index (κ1) is 32.8. The first-order valence-electron chi connectivity index (χ1n) is 12.8. The predicted octanol–water partition coefficient (Wildman–Crippen LogP) is 2.42. The summed E-state index contributed by atoms with van der Waals surface area (Å²) in [4.78, 5) is 61.3. The van der Waals surface area contributed by atoms with Crippen LogP contribution in [0.5, 0.6) is 0 Å². The van der Waals surface area contributed by atoms with E-state index in [1.54, 1.807) is 54.6 Å². The molecule has 41 heavy (non-hydrogen) atoms. The Balaban J connectivity index is 2.13. The Kier molecular flexibility index (Phi) is 12.8. The average Bonchev–Trinajstić information content (AvgIpc) is 2.93. The maximum absolute atomic E-state index is 13.3. The standard InChI is InChI=1S/C28H33F3N4O6/c1-18(2)13-22(35-27(40)41-17-20-11-7-4-8-12-20)25(38)34-23(14-19-9-5-3-6-10-19)24(37)33-21(16-36)15-32-26(39)28(29,30)31/h3-12,16,18,21-23H,13-15,17H2,1-2H3,(H,32,39)(H,33,37)(H,34,38)(H,35,40)/t21-,22-,23-/m0/s1. The molecule has 2 aromatic rings. The molecule has 2 aromatic carbocycles. The highest BCUT2D eigenvalue weighted by atomic mass is 19.4. The number of carbonyl (C=O) groups excluding carboxylic acids is 5. The first-order chi connectivity index (χ1) is 19.4. The fourth-order valence-corrected chi connectivity index (χ4v) is 3.66. The summed E-state index contributed by atoms with van der Waals surface area (Å²) in [7, 11) is 0. The zero-order chi connectivity index (χ0) is 30.4. The van der Waals surface area contributed by atoms with Gasteiger partial charge in [-0.25, -0.2) is 4.79 Å². The number of amides is 4. The third-order valence-corrected chi connectivity index (χ3v) is 5.68. The molecule has 4 amide bonds. The molecule has 0 aliphatic heterocycles. The van der Waals surface area contributed by atoms with Crippen molar-refractivity contribution in [2.45, 2.75) is 57.6 Å². The van der Waals surface area contributed by atoms with Gasteiger partial charge < -0.3 is 30.8 Å². The van der Waals surface area contributed by atoms with Crippen molar-refractivity contribution in [3.05, 3.63) is 71.8 Å². The smallest absolute Gasteiger partial charge is 0.445 e. The Labute approximate surface area is 235 Å². The maximum atomic E-state index is 13.3. The van der Waals surface area contributed by atoms with E-state index >= 15 is 0 Å². The molecule has 222 valence electrons. The molecule has 0 heterocycles. The molecular weight excluding hydrogens is 545 g/mol. The van der Waals surface area contributed by atoms with Crippen LogP contribution in [-0.2, 0) is 36.9 Å². The highest BCUT2D eigenvalue weighted by molar-refractivity contribution is 5.92. The van der Waals surface area contributed by atoms with Gasteiger partial charge in [0.05, 0.1) is 0 Å². The number of carbonyl (C=O) groups is 5. The van der Waals surface area contributed by atoms with Crippen LogP contribution in [0.3, 0.4) is 0 Å². The van der Waals surface area contributed by atoms with Crippen molar-refractivity contribution < 1.29 is 41.9 Å². The summed E-state index contributed by atoms with van der Waals surface area (Å²) in [6, 6.07) is 13.6. The molecule has 2 rings (SSSR count). The highest BCUT2D eigenvalue weighted by Gasteiger charge is 2.39. The minimum Gasteiger partial charge on any atom is -0.445 e. The second-order valence-corrected chi connectivity index (χ2v) is 9.60. The Bertz CT molecular complexity index is 1160. The van der Waals surface area contributed by atoms with Crippen LogP contribution in [0.4, 0.5) is 18.0 Å². The maximum Gasteiger partial charge on any atom is 0.471 e. The van der Waals surface area contributed by atoms with Gasteiger partial charge in [0.1, 0.15) is 31.0 Å². The summed E-state index contributed by atoms with van der Waals surface area (Å²) in [5.41, 5.74) is 1.37. The molecule has 0 radical (unpaired) electrons. The van der Waals surface area contributed by atoms with E-state index in [-0.39, 0.29) is 31.7 Å². The number of aldehydes is 1. The van der Waals surface area contributed by atoms with Crippen molar-refractivity contribution in [2.24, 2.45) is 5.92 Å². The summed E-state index contributed by atoms with van der Waals surface area (Å²) in [6.07, 6.45) is -5.68. The van der Waals surface area contributed by atoms with Gasteiger partial charge in [-0.1, -0.05) is 74.5 Å². The lowest BCUT2D eigenvalue weighted by molar-refractivity contribution is -0.173. The van der Waals surface area contributed by atoms with Crippen LogP contribution in [0.1, 0.15) is 31.4 Å². The average molecular weight is 579 g/mol. The lowest BCUT2D eigenvalue weighted by Crippen LogP contribution is -2.57. The molecule has 4 N–H and O–H groups in total. The van der Waals surface area contributed by atoms with Gasteiger partial charge in [-0.15, -0.1) is 0 Å². The van der Waals surface area contributed by atoms with Crippen LogP contribution in [0, 0.1) is 5.92 Å². The number of ether oxygens (including phenoxy) is 1. The van der Waals surface area contributed by atoms with Crippen LogP contribution < -0.4 is 21.3 Å². The Hall–Kier alpha value is -4.42. The molecule has 0 saturated carbocycles. The minimum atomic E-state index is -5.16. The number of alkyl halides is 3. The van der Waals surface area contributed by atoms with Gasteiger partial charge in [-0.3, -0.25) is 14.4 Å². The van der Waals surface area contributed by atoms with Crippen LogP contribution in [0.15, 0.2) is 60.7 Å². The monoisotopic (exact) mass is 578 g/mol. The van der Waals surface area contributed by atoms with Crippen LogP contribution in [0.2, 0.25) is 0 Å². The number of hydrogen-bond donors (Lipinski definition) is 4. The molecule has 10 nitrogen and oxygen atoms in total. The van der Waals surface area contributed by atoms with E-state index in [0.29, 0.717) is 5.56 Å². The van der Waals surface area contributed by atoms with Gasteiger partial charge in [0.15, 0.2) is 0 Å². The summed E-state index contributed by atoms with van der Waals surface area (Å²) < 4.78 is 42.7. The zero-order valence-electron chi connectivity index (χ0n) is 22.6. The Morgan fingerprint density at radius 2 is 1.39 bits per heavy atom. The topological polar surface area (TPSA) is 143 Å². The zero-order valence-corrected chi connectivity index (χ0v) is 22.6. The first-order valence-corrected chi connectivity index (χ1v) is 12.8. The van der Waals surface area contributed by atoms with Crippen molar-refractivity contribution in [3.8, 4) is 0 Å². The highest BCUT2D eigenvalue weighted by Crippen LogP contribution is 2.14. The molecular formula is C28H33F3N4O6. The number of hydrogen-bond acceptors (Lipinski definition) is 6. The van der Waals surface area contributed by atoms with Crippen LogP contribution in [-0.4, -0.2) is 60.9 Å². The van der Waals surface area contributed by atoms with E-state index in [1.807, 2.05) is 19.9 Å². The predicted molar refractivity (Wildman–Crippen MR) is 142 cm³/mol. The van der Waals surface area contributed by atoms with Crippen molar-refractivity contribution in [1.82, 2.24) is 21.3 Å². The molecule has 0 aromatic heterocycles. The molecule has 13 heteroatoms. The second-order valence-electron chi connectivity index (χ2n) is 9.60. The summed E-state index contributed by atoms with van der Waals surface area (Å²) in [5, 5.41) is 8.85. The molecule has 0 spiro atoms. The largest absolute Gasteiger partial charge is 0.471 e. The van der Waals surface area contributed by atoms with Crippen molar-refractivity contribution in [3.63, 3.8) is 0 Å². The number of alkyl carbamates (subject to hydrolysis) is 1. The number of rotatable bonds is 14. The number of nitrogens with one attached hydrogen (secondary N) is 4. The van der Waals surface area contributed by atoms with E-state index in [0.717, 1.165) is 5.56 Å². The second kappa shape index (κ2) is 16.0. The van der Waals surface area contributed by atoms with Crippen LogP contribution in [0.25, 0.3) is 0 Å². The lowest BCUT2D eigenvalue weighted by Gasteiger charge is -2.25. The summed E-state index contributed by atoms with van der Waals surface area (Å²) in [6.45, 7) is 2.81. The van der Waals surface area contributed by atoms with Crippen molar-refractivity contribution in [1.29, 1.82) is 0 Å². The third kappa shape index (κ3) is 12.1. The molecule has 0 bridgehead atoms. The third-order valence-electron chi connectivity index (χ3n) is 5.68. The van der Waals surface area contributed by atoms with Gasteiger partial charge in [-0.05, 0) is 23.5 Å². The molecule has 0 saturated heterocycles. The Morgan fingerprint density at radius 3 is 1.93 bits per heavy atom. The fraction of sp³-hybridized carbons (Fsp3) is 0.393. The molecule has 0 fully saturated rings. The van der Waals surface area contributed by atoms with Gasteiger partial charge >= 0.3 is 18.2 Å². The van der Waals surface area contributed by atoms with Crippen LogP contribution >= 0.6 is 0 Å². The molecule has 0 unspecified atom stereocenters. The van der Waals surface area contributed by atoms with Crippen molar-refractivity contribution in [2.75, 3.05) is 6.54 Å². The normalized spacial score (nSPS) is 13.3. The molecule has 3 atom stereocenters. The number of halogens is 3. The van der Waals surface area contributed by atoms with E-state index in [4.69, 9.17) is 4.74 Å². The summed E-state index contributed by atoms with van der Waals surface area (Å²) in [5.74, 6) is -3.90. The molecule has 0 aliphatic rings. The van der Waals surface area contributed by atoms with Gasteiger partial charge in [0.25, 0.3) is 0 Å².